The number of nitrogens with zero attached hydrogens (tertiary/aromatic N) is 3. The topological polar surface area (TPSA) is 103 Å². The first kappa shape index (κ1) is 28.4. The van der Waals surface area contributed by atoms with Gasteiger partial charge in [-0.2, -0.15) is 0 Å². The van der Waals surface area contributed by atoms with E-state index in [0.717, 1.165) is 60.9 Å². The fourth-order valence-corrected chi connectivity index (χ4v) is 5.63. The van der Waals surface area contributed by atoms with E-state index in [4.69, 9.17) is 9.47 Å². The Bertz CT molecular complexity index is 1610. The Morgan fingerprint density at radius 1 is 1.00 bits per heavy atom. The molecule has 1 fully saturated rings. The number of anilines is 3. The van der Waals surface area contributed by atoms with Crippen LogP contribution in [0.2, 0.25) is 0 Å². The molecule has 0 atom stereocenters. The number of benzene rings is 3. The summed E-state index contributed by atoms with van der Waals surface area (Å²) in [6, 6.07) is 18.6. The zero-order chi connectivity index (χ0) is 30.1. The normalized spacial score (nSPS) is 17.4. The van der Waals surface area contributed by atoms with Gasteiger partial charge < -0.3 is 29.9 Å². The molecule has 10 nitrogen and oxygen atoms in total. The molecule has 0 saturated carbocycles. The highest BCUT2D eigenvalue weighted by molar-refractivity contribution is 6.37. The van der Waals surface area contributed by atoms with Crippen molar-refractivity contribution in [3.63, 3.8) is 0 Å². The molecule has 0 unspecified atom stereocenters. The van der Waals surface area contributed by atoms with E-state index in [0.29, 0.717) is 41.2 Å². The predicted octanol–water partition coefficient (Wildman–Crippen LogP) is 3.55. The molecule has 2 N–H and O–H groups in total. The average Bonchev–Trinajstić information content (AvgIpc) is 3.63. The van der Waals surface area contributed by atoms with Gasteiger partial charge in [-0.15, -0.1) is 0 Å². The number of hydrogen-bond donors (Lipinski definition) is 2. The monoisotopic (exact) mass is 581 g/mol. The minimum absolute atomic E-state index is 0.0387. The molecular formula is C33H35N5O5. The smallest absolute Gasteiger partial charge is 0.337 e. The van der Waals surface area contributed by atoms with Gasteiger partial charge in [-0.1, -0.05) is 18.2 Å². The van der Waals surface area contributed by atoms with Crippen molar-refractivity contribution in [1.29, 1.82) is 0 Å². The maximum absolute atomic E-state index is 13.4. The van der Waals surface area contributed by atoms with E-state index in [1.54, 1.807) is 30.1 Å². The molecule has 43 heavy (non-hydrogen) atoms. The van der Waals surface area contributed by atoms with Gasteiger partial charge in [0.05, 0.1) is 42.8 Å². The molecule has 1 saturated heterocycles. The van der Waals surface area contributed by atoms with E-state index in [1.807, 2.05) is 42.5 Å². The summed E-state index contributed by atoms with van der Waals surface area (Å²) >= 11 is 0. The highest BCUT2D eigenvalue weighted by atomic mass is 16.5. The third-order valence-electron chi connectivity index (χ3n) is 8.27. The molecule has 0 aromatic heterocycles. The lowest BCUT2D eigenvalue weighted by molar-refractivity contribution is -0.119. The van der Waals surface area contributed by atoms with Crippen molar-refractivity contribution >= 4 is 46.1 Å². The van der Waals surface area contributed by atoms with Gasteiger partial charge in [-0.25, -0.2) is 4.79 Å². The van der Waals surface area contributed by atoms with E-state index in [1.165, 1.54) is 7.11 Å². The number of carbonyl (C=O) groups excluding carboxylic acids is 3. The Hall–Kier alpha value is -4.67. The lowest BCUT2D eigenvalue weighted by atomic mass is 9.98. The third-order valence-corrected chi connectivity index (χ3v) is 8.27. The third kappa shape index (κ3) is 5.84. The van der Waals surface area contributed by atoms with E-state index in [9.17, 15) is 14.4 Å². The van der Waals surface area contributed by atoms with Crippen LogP contribution in [0.15, 0.2) is 60.7 Å². The van der Waals surface area contributed by atoms with Crippen LogP contribution in [0.1, 0.15) is 27.0 Å². The molecular weight excluding hydrogens is 546 g/mol. The number of esters is 1. The lowest BCUT2D eigenvalue weighted by Crippen LogP contribution is -2.48. The van der Waals surface area contributed by atoms with Gasteiger partial charge in [0.15, 0.2) is 0 Å². The Balaban J connectivity index is 1.29. The zero-order valence-electron chi connectivity index (χ0n) is 24.6. The highest BCUT2D eigenvalue weighted by Crippen LogP contribution is 2.40. The van der Waals surface area contributed by atoms with E-state index in [2.05, 4.69) is 27.5 Å². The Kier molecular flexibility index (Phi) is 7.88. The van der Waals surface area contributed by atoms with Crippen LogP contribution in [0.4, 0.5) is 17.1 Å². The Morgan fingerprint density at radius 2 is 1.74 bits per heavy atom. The summed E-state index contributed by atoms with van der Waals surface area (Å²) in [6.45, 7) is 4.68. The molecule has 2 amide bonds. The van der Waals surface area contributed by atoms with Crippen LogP contribution < -0.4 is 20.3 Å². The predicted molar refractivity (Wildman–Crippen MR) is 166 cm³/mol. The molecule has 0 spiro atoms. The summed E-state index contributed by atoms with van der Waals surface area (Å²) in [5.74, 6) is 0.0760. The largest absolute Gasteiger partial charge is 0.493 e. The van der Waals surface area contributed by atoms with Gasteiger partial charge in [0, 0.05) is 62.1 Å². The maximum atomic E-state index is 13.4. The molecule has 6 rings (SSSR count). The summed E-state index contributed by atoms with van der Waals surface area (Å²) < 4.78 is 10.7. The second-order valence-electron chi connectivity index (χ2n) is 11.1. The Labute approximate surface area is 250 Å². The van der Waals surface area contributed by atoms with Gasteiger partial charge in [-0.3, -0.25) is 14.5 Å². The first-order valence-electron chi connectivity index (χ1n) is 14.4. The van der Waals surface area contributed by atoms with Gasteiger partial charge in [-0.05, 0) is 55.1 Å². The summed E-state index contributed by atoms with van der Waals surface area (Å²) in [5, 5.41) is 6.37. The quantitative estimate of drug-likeness (QED) is 0.323. The maximum Gasteiger partial charge on any atom is 0.337 e. The molecule has 0 radical (unpaired) electrons. The highest BCUT2D eigenvalue weighted by Gasteiger charge is 2.30. The van der Waals surface area contributed by atoms with Crippen molar-refractivity contribution < 1.29 is 23.9 Å². The van der Waals surface area contributed by atoms with Crippen LogP contribution in [0.3, 0.4) is 0 Å². The van der Waals surface area contributed by atoms with E-state index < -0.39 is 5.97 Å². The van der Waals surface area contributed by atoms with Gasteiger partial charge in [0.2, 0.25) is 5.91 Å². The summed E-state index contributed by atoms with van der Waals surface area (Å²) in [5.41, 5.74) is 6.07. The number of fused-ring (bicyclic) bond motifs is 2. The summed E-state index contributed by atoms with van der Waals surface area (Å²) in [7, 11) is 5.21. The van der Waals surface area contributed by atoms with Gasteiger partial charge in [0.1, 0.15) is 5.75 Å². The number of methoxy groups -OCH3 is 1. The van der Waals surface area contributed by atoms with Gasteiger partial charge in [0.25, 0.3) is 5.91 Å². The van der Waals surface area contributed by atoms with Crippen molar-refractivity contribution in [3.05, 3.63) is 82.9 Å². The minimum Gasteiger partial charge on any atom is -0.493 e. The molecule has 222 valence electrons. The number of rotatable bonds is 7. The minimum atomic E-state index is -0.476. The number of hydrogen-bond acceptors (Lipinski definition) is 8. The molecule has 3 aromatic carbocycles. The first-order valence-corrected chi connectivity index (χ1v) is 14.4. The molecule has 10 heteroatoms. The van der Waals surface area contributed by atoms with Crippen molar-refractivity contribution in [2.24, 2.45) is 0 Å². The van der Waals surface area contributed by atoms with E-state index >= 15 is 0 Å². The van der Waals surface area contributed by atoms with Crippen LogP contribution in [0.25, 0.3) is 11.3 Å². The second kappa shape index (κ2) is 11.9. The zero-order valence-corrected chi connectivity index (χ0v) is 24.6. The number of ether oxygens (including phenoxy) is 2. The van der Waals surface area contributed by atoms with Crippen molar-refractivity contribution in [2.75, 3.05) is 76.1 Å². The first-order chi connectivity index (χ1) is 20.8. The average molecular weight is 582 g/mol. The number of likely N-dealkylation sites (N-methyl/N-ethyl adjacent to an activating group) is 2. The van der Waals surface area contributed by atoms with Crippen LogP contribution in [0.5, 0.6) is 5.75 Å². The molecule has 0 bridgehead atoms. The van der Waals surface area contributed by atoms with Crippen LogP contribution in [-0.4, -0.2) is 88.1 Å². The van der Waals surface area contributed by atoms with Crippen LogP contribution >= 0.6 is 0 Å². The number of nitrogens with one attached hydrogen (secondary N) is 2. The van der Waals surface area contributed by atoms with Crippen molar-refractivity contribution in [1.82, 2.24) is 9.80 Å². The lowest BCUT2D eigenvalue weighted by Gasteiger charge is -2.32. The summed E-state index contributed by atoms with van der Waals surface area (Å²) in [6.07, 6.45) is 0.844. The molecule has 3 aliphatic heterocycles. The number of carbonyl (C=O) groups is 3. The number of amides is 2. The molecule has 0 aliphatic carbocycles. The standard InChI is InChI=1S/C33H35N5O5/c1-36-13-15-38(16-14-36)20-29(39)37(2)25-9-7-24(8-10-25)34-31(22-5-4-21-12-17-43-28(21)19-22)30-26-11-6-23(33(41)42-3)18-27(26)35-32(30)40/h4-11,18-19,34H,12-17,20H2,1-3H3,(H,35,40). The second-order valence-corrected chi connectivity index (χ2v) is 11.1. The fraction of sp³-hybridized carbons (Fsp3) is 0.303. The molecule has 3 aliphatic rings. The van der Waals surface area contributed by atoms with E-state index in [-0.39, 0.29) is 11.8 Å². The Morgan fingerprint density at radius 3 is 2.49 bits per heavy atom. The van der Waals surface area contributed by atoms with Crippen LogP contribution in [0, 0.1) is 0 Å². The number of piperazine rings is 1. The van der Waals surface area contributed by atoms with Crippen molar-refractivity contribution in [3.8, 4) is 5.75 Å². The van der Waals surface area contributed by atoms with Crippen molar-refractivity contribution in [2.45, 2.75) is 6.42 Å². The molecule has 3 heterocycles. The van der Waals surface area contributed by atoms with Crippen LogP contribution in [-0.2, 0) is 20.7 Å². The SMILES string of the molecule is COC(=O)c1ccc2c(c1)NC(=O)C2=C(Nc1ccc(N(C)C(=O)CN2CCN(C)CC2)cc1)c1ccc2c(c1)OCC2. The summed E-state index contributed by atoms with van der Waals surface area (Å²) in [4.78, 5) is 44.7. The van der Waals surface area contributed by atoms with Gasteiger partial charge >= 0.3 is 5.97 Å². The fourth-order valence-electron chi connectivity index (χ4n) is 5.63. The molecule has 3 aromatic rings.